The van der Waals surface area contributed by atoms with E-state index in [9.17, 15) is 9.59 Å². The van der Waals surface area contributed by atoms with Gasteiger partial charge in [-0.3, -0.25) is 4.79 Å². The molecule has 4 nitrogen and oxygen atoms in total. The van der Waals surface area contributed by atoms with E-state index in [-0.39, 0.29) is 16.9 Å². The summed E-state index contributed by atoms with van der Waals surface area (Å²) in [6.07, 6.45) is 2.63. The van der Waals surface area contributed by atoms with Crippen LogP contribution in [-0.2, 0) is 23.2 Å². The molecule has 1 saturated carbocycles. The van der Waals surface area contributed by atoms with E-state index >= 15 is 0 Å². The van der Waals surface area contributed by atoms with E-state index in [1.165, 1.54) is 11.1 Å². The van der Waals surface area contributed by atoms with Crippen molar-refractivity contribution in [2.75, 3.05) is 6.54 Å². The molecule has 24 heavy (non-hydrogen) atoms. The molecular weight excluding hydrogens is 302 g/mol. The molecule has 1 heterocycles. The Kier molecular flexibility index (Phi) is 3.41. The standard InChI is InChI=1S/C20H19NO3/c22-18(11-14-5-7-15(8-6-14)19(23)24)21-12-16-3-1-2-4-17(16)20(13-21)9-10-20/h1-8H,9-13H2,(H,23,24). The Morgan fingerprint density at radius 3 is 2.42 bits per heavy atom. The van der Waals surface area contributed by atoms with Crippen LogP contribution in [0.3, 0.4) is 0 Å². The molecule has 122 valence electrons. The number of amides is 1. The quantitative estimate of drug-likeness (QED) is 0.945. The highest BCUT2D eigenvalue weighted by atomic mass is 16.4. The molecule has 0 unspecified atom stereocenters. The largest absolute Gasteiger partial charge is 0.478 e. The fourth-order valence-electron chi connectivity index (χ4n) is 3.69. The first-order valence-corrected chi connectivity index (χ1v) is 8.26. The van der Waals surface area contributed by atoms with E-state index in [1.807, 2.05) is 11.0 Å². The fourth-order valence-corrected chi connectivity index (χ4v) is 3.69. The number of rotatable bonds is 3. The summed E-state index contributed by atoms with van der Waals surface area (Å²) in [5, 5.41) is 8.94. The molecule has 0 atom stereocenters. The molecule has 1 aliphatic heterocycles. The Balaban J connectivity index is 1.51. The maximum absolute atomic E-state index is 12.7. The molecule has 0 aromatic heterocycles. The van der Waals surface area contributed by atoms with Gasteiger partial charge in [0.2, 0.25) is 5.91 Å². The lowest BCUT2D eigenvalue weighted by molar-refractivity contribution is -0.132. The maximum atomic E-state index is 12.7. The second-order valence-corrected chi connectivity index (χ2v) is 6.87. The topological polar surface area (TPSA) is 57.6 Å². The Hall–Kier alpha value is -2.62. The molecule has 0 radical (unpaired) electrons. The van der Waals surface area contributed by atoms with Gasteiger partial charge in [0.1, 0.15) is 0 Å². The zero-order chi connectivity index (χ0) is 16.7. The van der Waals surface area contributed by atoms with Crippen LogP contribution >= 0.6 is 0 Å². The monoisotopic (exact) mass is 321 g/mol. The first-order valence-electron chi connectivity index (χ1n) is 8.26. The number of benzene rings is 2. The van der Waals surface area contributed by atoms with E-state index in [2.05, 4.69) is 18.2 Å². The summed E-state index contributed by atoms with van der Waals surface area (Å²) in [6, 6.07) is 15.0. The van der Waals surface area contributed by atoms with Crippen LogP contribution in [0.5, 0.6) is 0 Å². The Labute approximate surface area is 140 Å². The van der Waals surface area contributed by atoms with Crippen molar-refractivity contribution in [1.82, 2.24) is 4.90 Å². The molecule has 1 spiro atoms. The number of carboxylic acids is 1. The van der Waals surface area contributed by atoms with Gasteiger partial charge < -0.3 is 10.0 Å². The number of hydrogen-bond donors (Lipinski definition) is 1. The van der Waals surface area contributed by atoms with Gasteiger partial charge in [-0.2, -0.15) is 0 Å². The average molecular weight is 321 g/mol. The first-order chi connectivity index (χ1) is 11.6. The van der Waals surface area contributed by atoms with Gasteiger partial charge in [-0.15, -0.1) is 0 Å². The highest BCUT2D eigenvalue weighted by Gasteiger charge is 2.49. The summed E-state index contributed by atoms with van der Waals surface area (Å²) in [4.78, 5) is 25.6. The van der Waals surface area contributed by atoms with Crippen LogP contribution in [0.4, 0.5) is 0 Å². The normalized spacial score (nSPS) is 17.4. The van der Waals surface area contributed by atoms with Gasteiger partial charge in [-0.05, 0) is 41.7 Å². The van der Waals surface area contributed by atoms with Crippen molar-refractivity contribution in [2.24, 2.45) is 0 Å². The average Bonchev–Trinajstić information content (AvgIpc) is 3.35. The summed E-state index contributed by atoms with van der Waals surface area (Å²) in [5.41, 5.74) is 3.96. The third-order valence-corrected chi connectivity index (χ3v) is 5.21. The van der Waals surface area contributed by atoms with Gasteiger partial charge >= 0.3 is 5.97 Å². The molecule has 1 N–H and O–H groups in total. The number of carbonyl (C=O) groups is 2. The molecule has 0 saturated heterocycles. The molecule has 2 aromatic rings. The van der Waals surface area contributed by atoms with Crippen molar-refractivity contribution < 1.29 is 14.7 Å². The van der Waals surface area contributed by atoms with Crippen LogP contribution in [0, 0.1) is 0 Å². The number of carboxylic acid groups (broad SMARTS) is 1. The third-order valence-electron chi connectivity index (χ3n) is 5.21. The van der Waals surface area contributed by atoms with Crippen molar-refractivity contribution in [1.29, 1.82) is 0 Å². The van der Waals surface area contributed by atoms with Crippen LogP contribution in [0.2, 0.25) is 0 Å². The number of nitrogens with zero attached hydrogens (tertiary/aromatic N) is 1. The maximum Gasteiger partial charge on any atom is 0.335 e. The number of fused-ring (bicyclic) bond motifs is 2. The van der Waals surface area contributed by atoms with Crippen LogP contribution in [0.25, 0.3) is 0 Å². The molecule has 1 amide bonds. The van der Waals surface area contributed by atoms with E-state index in [0.717, 1.165) is 24.9 Å². The SMILES string of the molecule is O=C(O)c1ccc(CC(=O)N2Cc3ccccc3C3(CC3)C2)cc1. The van der Waals surface area contributed by atoms with Gasteiger partial charge in [0.25, 0.3) is 0 Å². The molecule has 1 aliphatic carbocycles. The van der Waals surface area contributed by atoms with E-state index in [0.29, 0.717) is 13.0 Å². The van der Waals surface area contributed by atoms with Gasteiger partial charge in [0.05, 0.1) is 12.0 Å². The minimum Gasteiger partial charge on any atom is -0.478 e. The van der Waals surface area contributed by atoms with Crippen LogP contribution in [-0.4, -0.2) is 28.4 Å². The van der Waals surface area contributed by atoms with Gasteiger partial charge in [-0.25, -0.2) is 4.79 Å². The van der Waals surface area contributed by atoms with Crippen molar-refractivity contribution in [2.45, 2.75) is 31.2 Å². The lowest BCUT2D eigenvalue weighted by Gasteiger charge is -2.35. The molecule has 2 aliphatic rings. The van der Waals surface area contributed by atoms with Gasteiger partial charge in [0, 0.05) is 18.5 Å². The Morgan fingerprint density at radius 1 is 1.04 bits per heavy atom. The molecule has 4 rings (SSSR count). The summed E-state index contributed by atoms with van der Waals surface area (Å²) < 4.78 is 0. The lowest BCUT2D eigenvalue weighted by atomic mass is 9.87. The van der Waals surface area contributed by atoms with Crippen molar-refractivity contribution >= 4 is 11.9 Å². The minimum absolute atomic E-state index is 0.110. The van der Waals surface area contributed by atoms with E-state index in [4.69, 9.17) is 5.11 Å². The second kappa shape index (κ2) is 5.48. The van der Waals surface area contributed by atoms with Gasteiger partial charge in [-0.1, -0.05) is 36.4 Å². The molecule has 0 bridgehead atoms. The number of aromatic carboxylic acids is 1. The van der Waals surface area contributed by atoms with Crippen molar-refractivity contribution in [3.8, 4) is 0 Å². The molecule has 2 aromatic carbocycles. The Morgan fingerprint density at radius 2 is 1.75 bits per heavy atom. The summed E-state index contributed by atoms with van der Waals surface area (Å²) >= 11 is 0. The van der Waals surface area contributed by atoms with Gasteiger partial charge in [0.15, 0.2) is 0 Å². The summed E-state index contributed by atoms with van der Waals surface area (Å²) in [7, 11) is 0. The predicted octanol–water partition coefficient (Wildman–Crippen LogP) is 3.00. The van der Waals surface area contributed by atoms with E-state index < -0.39 is 5.97 Å². The first kappa shape index (κ1) is 14.9. The zero-order valence-electron chi connectivity index (χ0n) is 13.4. The summed E-state index contributed by atoms with van der Waals surface area (Å²) in [6.45, 7) is 1.47. The smallest absolute Gasteiger partial charge is 0.335 e. The minimum atomic E-state index is -0.948. The molecule has 1 fully saturated rings. The highest BCUT2D eigenvalue weighted by molar-refractivity contribution is 5.87. The van der Waals surface area contributed by atoms with Crippen molar-refractivity contribution in [3.63, 3.8) is 0 Å². The predicted molar refractivity (Wildman–Crippen MR) is 89.9 cm³/mol. The molecule has 4 heteroatoms. The van der Waals surface area contributed by atoms with Crippen LogP contribution in [0.15, 0.2) is 48.5 Å². The van der Waals surface area contributed by atoms with Crippen LogP contribution < -0.4 is 0 Å². The Bertz CT molecular complexity index is 806. The number of hydrogen-bond acceptors (Lipinski definition) is 2. The zero-order valence-corrected chi connectivity index (χ0v) is 13.4. The van der Waals surface area contributed by atoms with E-state index in [1.54, 1.807) is 24.3 Å². The van der Waals surface area contributed by atoms with Crippen molar-refractivity contribution in [3.05, 3.63) is 70.8 Å². The lowest BCUT2D eigenvalue weighted by Crippen LogP contribution is -2.42. The fraction of sp³-hybridized carbons (Fsp3) is 0.300. The van der Waals surface area contributed by atoms with Crippen LogP contribution in [0.1, 0.15) is 39.9 Å². The highest BCUT2D eigenvalue weighted by Crippen LogP contribution is 2.52. The second-order valence-electron chi connectivity index (χ2n) is 6.87. The number of carbonyl (C=O) groups excluding carboxylic acids is 1. The molecular formula is C20H19NO3. The summed E-state index contributed by atoms with van der Waals surface area (Å²) in [5.74, 6) is -0.838. The third kappa shape index (κ3) is 2.58.